The fourth-order valence-corrected chi connectivity index (χ4v) is 11.4. The molecule has 8 rings (SSSR count). The van der Waals surface area contributed by atoms with Crippen LogP contribution in [0.25, 0.3) is 0 Å². The minimum Gasteiger partial charge on any atom is -0.444 e. The fourth-order valence-electron chi connectivity index (χ4n) is 11.1. The van der Waals surface area contributed by atoms with Gasteiger partial charge in [-0.15, -0.1) is 0 Å². The van der Waals surface area contributed by atoms with Crippen LogP contribution in [-0.2, 0) is 69.0 Å². The van der Waals surface area contributed by atoms with Crippen LogP contribution in [0.2, 0.25) is 10.0 Å². The zero-order valence-corrected chi connectivity index (χ0v) is 52.2. The molecule has 2 fully saturated rings. The quantitative estimate of drug-likeness (QED) is 0.0526. The molecule has 0 aromatic heterocycles. The minimum atomic E-state index is -1.05. The van der Waals surface area contributed by atoms with E-state index in [0.717, 1.165) is 85.0 Å². The van der Waals surface area contributed by atoms with Crippen molar-refractivity contribution >= 4 is 87.9 Å². The third-order valence-electron chi connectivity index (χ3n) is 15.9. The minimum absolute atomic E-state index is 0.0130. The lowest BCUT2D eigenvalue weighted by Gasteiger charge is -2.37. The van der Waals surface area contributed by atoms with Gasteiger partial charge in [-0.25, -0.2) is 4.79 Å². The van der Waals surface area contributed by atoms with Gasteiger partial charge >= 0.3 is 6.09 Å². The van der Waals surface area contributed by atoms with E-state index in [9.17, 15) is 43.2 Å². The normalized spacial score (nSPS) is 17.1. The number of piperidine rings is 2. The number of nitrogens with two attached hydrogens (primary N) is 1. The lowest BCUT2D eigenvalue weighted by molar-refractivity contribution is -0.144. The first kappa shape index (κ1) is 67.0. The highest BCUT2D eigenvalue weighted by molar-refractivity contribution is 6.31. The first-order valence-corrected chi connectivity index (χ1v) is 31.0. The molecule has 9 amide bonds. The van der Waals surface area contributed by atoms with Crippen molar-refractivity contribution in [2.45, 2.75) is 167 Å². The molecule has 4 atom stereocenters. The van der Waals surface area contributed by atoms with Crippen LogP contribution < -0.4 is 32.3 Å². The summed E-state index contributed by atoms with van der Waals surface area (Å²) in [6.07, 6.45) is 6.55. The molecule has 2 saturated heterocycles. The van der Waals surface area contributed by atoms with Crippen molar-refractivity contribution in [3.63, 3.8) is 0 Å². The average Bonchev–Trinajstić information content (AvgIpc) is 2.17. The summed E-state index contributed by atoms with van der Waals surface area (Å²) in [7, 11) is 0. The molecule has 0 aliphatic carbocycles. The number of fused-ring (bicyclic) bond motifs is 2. The number of amides is 9. The van der Waals surface area contributed by atoms with E-state index in [0.29, 0.717) is 40.9 Å². The molecule has 0 bridgehead atoms. The van der Waals surface area contributed by atoms with Gasteiger partial charge in [0.2, 0.25) is 47.3 Å². The highest BCUT2D eigenvalue weighted by Gasteiger charge is 2.39. The standard InChI is InChI=1S/C35H46ClN5O6.C30H38ClN5O4/c1-23-20-26(12-13-27(23)36)38-32(44)28(16-17-37-34(46)47-35(2,3)4)39-33(45)29-21-24-10-6-7-11-25(24)22-41(29)31(43)15-14-30(42)40-18-8-5-9-19-40;1-20-17-23(9-10-24(20)31)33-29(39)25(13-14-32)34-30(40)26-18-21-7-3-4-8-22(21)19-36(26)28(38)12-11-27(37)35-15-5-2-6-16-35/h6-7,10-13,20,28-29H,5,8-9,14-19,21-22H2,1-4H3,(H,37,46)(H,38,44)(H,39,45);3-4,7-10,17,25-26H,2,5-6,11-16,18-19,32H2,1H3,(H,33,39)(H,34,40)/t28-,29-;25-,26-/m00/s1. The van der Waals surface area contributed by atoms with E-state index in [1.165, 1.54) is 4.90 Å². The highest BCUT2D eigenvalue weighted by atomic mass is 35.5. The maximum Gasteiger partial charge on any atom is 0.407 e. The monoisotopic (exact) mass is 1230 g/mol. The van der Waals surface area contributed by atoms with Gasteiger partial charge in [-0.2, -0.15) is 0 Å². The van der Waals surface area contributed by atoms with Crippen LogP contribution >= 0.6 is 23.2 Å². The molecule has 0 unspecified atom stereocenters. The number of alkyl carbamates (subject to hydrolysis) is 1. The summed E-state index contributed by atoms with van der Waals surface area (Å²) in [6, 6.07) is 21.9. The number of rotatable bonds is 19. The zero-order chi connectivity index (χ0) is 62.8. The molecule has 468 valence electrons. The van der Waals surface area contributed by atoms with Crippen molar-refractivity contribution < 1.29 is 47.9 Å². The summed E-state index contributed by atoms with van der Waals surface area (Å²) >= 11 is 12.3. The second-order valence-electron chi connectivity index (χ2n) is 23.7. The number of likely N-dealkylation sites (tertiary alicyclic amines) is 2. The van der Waals surface area contributed by atoms with Crippen molar-refractivity contribution in [3.05, 3.63) is 128 Å². The predicted molar refractivity (Wildman–Crippen MR) is 334 cm³/mol. The Hall–Kier alpha value is -7.55. The number of nitrogens with zero attached hydrogens (tertiary/aromatic N) is 4. The number of ether oxygens (including phenoxy) is 1. The fraction of sp³-hybridized carbons (Fsp3) is 0.492. The smallest absolute Gasteiger partial charge is 0.407 e. The van der Waals surface area contributed by atoms with Gasteiger partial charge in [0.25, 0.3) is 0 Å². The molecule has 4 aliphatic heterocycles. The number of hydrogen-bond donors (Lipinski definition) is 6. The number of anilines is 2. The Bertz CT molecular complexity index is 3120. The molecular formula is C65H84Cl2N10O10. The van der Waals surface area contributed by atoms with Gasteiger partial charge in [0.05, 0.1) is 0 Å². The van der Waals surface area contributed by atoms with Crippen molar-refractivity contribution in [1.82, 2.24) is 35.6 Å². The molecule has 22 heteroatoms. The van der Waals surface area contributed by atoms with Gasteiger partial charge in [-0.05, 0) is 162 Å². The van der Waals surface area contributed by atoms with Crippen LogP contribution in [0.1, 0.15) is 131 Å². The van der Waals surface area contributed by atoms with Crippen molar-refractivity contribution in [2.24, 2.45) is 5.73 Å². The Morgan fingerprint density at radius 3 is 1.33 bits per heavy atom. The molecule has 87 heavy (non-hydrogen) atoms. The zero-order valence-electron chi connectivity index (χ0n) is 50.7. The van der Waals surface area contributed by atoms with E-state index < -0.39 is 59.5 Å². The number of nitrogens with one attached hydrogen (secondary N) is 5. The number of hydrogen-bond acceptors (Lipinski definition) is 11. The first-order valence-electron chi connectivity index (χ1n) is 30.3. The van der Waals surface area contributed by atoms with Crippen LogP contribution in [0, 0.1) is 13.8 Å². The van der Waals surface area contributed by atoms with Gasteiger partial charge in [0, 0.05) is 106 Å². The Kier molecular flexibility index (Phi) is 24.6. The number of carbonyl (C=O) groups is 9. The van der Waals surface area contributed by atoms with Crippen molar-refractivity contribution in [3.8, 4) is 0 Å². The van der Waals surface area contributed by atoms with Crippen LogP contribution in [0.5, 0.6) is 0 Å². The van der Waals surface area contributed by atoms with Gasteiger partial charge in [0.15, 0.2) is 0 Å². The van der Waals surface area contributed by atoms with Crippen LogP contribution in [0.3, 0.4) is 0 Å². The summed E-state index contributed by atoms with van der Waals surface area (Å²) in [5.41, 5.74) is 11.5. The first-order chi connectivity index (χ1) is 41.6. The lowest BCUT2D eigenvalue weighted by Crippen LogP contribution is -2.56. The van der Waals surface area contributed by atoms with Crippen molar-refractivity contribution in [1.29, 1.82) is 0 Å². The van der Waals surface area contributed by atoms with E-state index in [-0.39, 0.29) is 94.8 Å². The maximum absolute atomic E-state index is 14.0. The molecule has 7 N–H and O–H groups in total. The van der Waals surface area contributed by atoms with Crippen LogP contribution in [0.15, 0.2) is 84.9 Å². The Balaban J connectivity index is 0.000000252. The number of aryl methyl sites for hydroxylation is 2. The molecule has 20 nitrogen and oxygen atoms in total. The van der Waals surface area contributed by atoms with Gasteiger partial charge in [-0.1, -0.05) is 71.7 Å². The SMILES string of the molecule is Cc1cc(NC(=O)[C@H](CCN)NC(=O)[C@@H]2Cc3ccccc3CN2C(=O)CCC(=O)N2CCCCC2)ccc1Cl.Cc1cc(NC(=O)[C@H](CCNC(=O)OC(C)(C)C)NC(=O)[C@@H]2Cc3ccccc3CN2C(=O)CCC(=O)N2CCCCC2)ccc1Cl. The summed E-state index contributed by atoms with van der Waals surface area (Å²) < 4.78 is 5.31. The summed E-state index contributed by atoms with van der Waals surface area (Å²) in [4.78, 5) is 126. The lowest BCUT2D eigenvalue weighted by atomic mass is 9.92. The number of benzene rings is 4. The summed E-state index contributed by atoms with van der Waals surface area (Å²) in [5.74, 6) is -2.45. The van der Waals surface area contributed by atoms with Gasteiger partial charge < -0.3 is 56.7 Å². The summed E-state index contributed by atoms with van der Waals surface area (Å²) in [5, 5.41) is 15.1. The Morgan fingerprint density at radius 2 is 0.943 bits per heavy atom. The summed E-state index contributed by atoms with van der Waals surface area (Å²) in [6.45, 7) is 12.5. The number of halogens is 2. The van der Waals surface area contributed by atoms with Crippen molar-refractivity contribution in [2.75, 3.05) is 49.9 Å². The molecule has 4 aromatic carbocycles. The third-order valence-corrected chi connectivity index (χ3v) is 16.8. The molecule has 0 radical (unpaired) electrons. The molecular weight excluding hydrogens is 1150 g/mol. The van der Waals surface area contributed by atoms with Crippen LogP contribution in [-0.4, -0.2) is 142 Å². The Labute approximate surface area is 520 Å². The molecule has 4 aliphatic rings. The molecule has 4 aromatic rings. The van der Waals surface area contributed by atoms with Gasteiger partial charge in [-0.3, -0.25) is 38.4 Å². The Morgan fingerprint density at radius 1 is 0.552 bits per heavy atom. The predicted octanol–water partition coefficient (Wildman–Crippen LogP) is 7.90. The molecule has 0 spiro atoms. The highest BCUT2D eigenvalue weighted by Crippen LogP contribution is 2.28. The second-order valence-corrected chi connectivity index (χ2v) is 24.5. The van der Waals surface area contributed by atoms with E-state index in [2.05, 4.69) is 26.6 Å². The van der Waals surface area contributed by atoms with E-state index >= 15 is 0 Å². The largest absolute Gasteiger partial charge is 0.444 e. The second kappa shape index (κ2) is 31.9. The van der Waals surface area contributed by atoms with E-state index in [1.807, 2.05) is 72.2 Å². The third kappa shape index (κ3) is 19.7. The van der Waals surface area contributed by atoms with Crippen LogP contribution in [0.4, 0.5) is 16.2 Å². The maximum atomic E-state index is 14.0. The van der Waals surface area contributed by atoms with Gasteiger partial charge in [0.1, 0.15) is 29.8 Å². The molecule has 0 saturated carbocycles. The van der Waals surface area contributed by atoms with E-state index in [4.69, 9.17) is 33.7 Å². The average molecular weight is 1240 g/mol. The van der Waals surface area contributed by atoms with E-state index in [1.54, 1.807) is 62.1 Å². The number of carbonyl (C=O) groups excluding carboxylic acids is 9. The topological polar surface area (TPSA) is 262 Å². The molecule has 4 heterocycles.